The second-order valence-electron chi connectivity index (χ2n) is 4.90. The zero-order valence-electron chi connectivity index (χ0n) is 11.3. The molecular weight excluding hydrogens is 304 g/mol. The molecule has 3 rings (SSSR count). The van der Waals surface area contributed by atoms with Gasteiger partial charge in [-0.2, -0.15) is 0 Å². The van der Waals surface area contributed by atoms with Gasteiger partial charge in [0, 0.05) is 5.02 Å². The number of hydrogen-bond donors (Lipinski definition) is 1. The molecule has 1 fully saturated rings. The molecule has 1 aliphatic heterocycles. The van der Waals surface area contributed by atoms with Gasteiger partial charge < -0.3 is 5.32 Å². The summed E-state index contributed by atoms with van der Waals surface area (Å²) < 4.78 is 0. The van der Waals surface area contributed by atoms with E-state index in [-0.39, 0.29) is 5.91 Å². The molecule has 3 nitrogen and oxygen atoms in total. The molecule has 0 saturated carbocycles. The van der Waals surface area contributed by atoms with Crippen molar-refractivity contribution in [3.05, 3.63) is 64.7 Å². The van der Waals surface area contributed by atoms with E-state index in [4.69, 9.17) is 23.8 Å². The minimum atomic E-state index is -0.447. The molecule has 106 valence electrons. The average molecular weight is 317 g/mol. The predicted molar refractivity (Wildman–Crippen MR) is 88.6 cm³/mol. The van der Waals surface area contributed by atoms with Crippen LogP contribution < -0.4 is 10.2 Å². The minimum absolute atomic E-state index is 0.0865. The molecule has 0 bridgehead atoms. The van der Waals surface area contributed by atoms with Gasteiger partial charge in [0.2, 0.25) is 0 Å². The van der Waals surface area contributed by atoms with Crippen molar-refractivity contribution in [2.75, 3.05) is 4.90 Å². The summed E-state index contributed by atoms with van der Waals surface area (Å²) in [6, 6.07) is 14.5. The van der Waals surface area contributed by atoms with Crippen molar-refractivity contribution in [1.29, 1.82) is 0 Å². The first-order valence-electron chi connectivity index (χ1n) is 6.53. The van der Waals surface area contributed by atoms with Crippen LogP contribution in [-0.4, -0.2) is 11.0 Å². The van der Waals surface area contributed by atoms with Crippen molar-refractivity contribution in [1.82, 2.24) is 5.32 Å². The van der Waals surface area contributed by atoms with E-state index >= 15 is 0 Å². The molecular formula is C16H13ClN2OS. The molecule has 21 heavy (non-hydrogen) atoms. The Labute approximate surface area is 133 Å². The van der Waals surface area contributed by atoms with Crippen molar-refractivity contribution < 1.29 is 4.79 Å². The molecule has 2 aromatic rings. The number of anilines is 1. The Morgan fingerprint density at radius 3 is 2.62 bits per heavy atom. The van der Waals surface area contributed by atoms with Gasteiger partial charge in [-0.3, -0.25) is 9.69 Å². The highest BCUT2D eigenvalue weighted by molar-refractivity contribution is 7.80. The lowest BCUT2D eigenvalue weighted by molar-refractivity contribution is -0.118. The monoisotopic (exact) mass is 316 g/mol. The fourth-order valence-corrected chi connectivity index (χ4v) is 2.87. The topological polar surface area (TPSA) is 32.3 Å². The lowest BCUT2D eigenvalue weighted by Crippen LogP contribution is -2.31. The summed E-state index contributed by atoms with van der Waals surface area (Å²) in [4.78, 5) is 14.2. The van der Waals surface area contributed by atoms with Crippen LogP contribution in [0.1, 0.15) is 17.2 Å². The number of aryl methyl sites for hydroxylation is 1. The summed E-state index contributed by atoms with van der Waals surface area (Å²) in [7, 11) is 0. The van der Waals surface area contributed by atoms with E-state index in [9.17, 15) is 4.79 Å². The van der Waals surface area contributed by atoms with Gasteiger partial charge in [-0.1, -0.05) is 48.0 Å². The molecule has 1 heterocycles. The van der Waals surface area contributed by atoms with Gasteiger partial charge in [0.1, 0.15) is 6.04 Å². The quantitative estimate of drug-likeness (QED) is 0.859. The summed E-state index contributed by atoms with van der Waals surface area (Å²) in [5.74, 6) is -0.0865. The van der Waals surface area contributed by atoms with E-state index in [2.05, 4.69) is 5.32 Å². The van der Waals surface area contributed by atoms with Crippen molar-refractivity contribution in [3.63, 3.8) is 0 Å². The Morgan fingerprint density at radius 1 is 1.19 bits per heavy atom. The number of hydrogen-bond acceptors (Lipinski definition) is 2. The number of thiocarbonyl (C=S) groups is 1. The number of nitrogens with zero attached hydrogens (tertiary/aromatic N) is 1. The molecule has 0 aromatic heterocycles. The van der Waals surface area contributed by atoms with Gasteiger partial charge in [-0.15, -0.1) is 0 Å². The van der Waals surface area contributed by atoms with Gasteiger partial charge >= 0.3 is 0 Å². The van der Waals surface area contributed by atoms with Crippen molar-refractivity contribution >= 4 is 40.5 Å². The highest BCUT2D eigenvalue weighted by Gasteiger charge is 2.37. The van der Waals surface area contributed by atoms with Crippen LogP contribution in [0.4, 0.5) is 5.69 Å². The van der Waals surface area contributed by atoms with Crippen LogP contribution in [0.5, 0.6) is 0 Å². The zero-order valence-corrected chi connectivity index (χ0v) is 12.9. The Morgan fingerprint density at radius 2 is 1.90 bits per heavy atom. The predicted octanol–water partition coefficient (Wildman–Crippen LogP) is 3.61. The maximum Gasteiger partial charge on any atom is 0.260 e. The molecule has 5 heteroatoms. The SMILES string of the molecule is Cc1ccc(Cl)cc1N1C(=O)C(c2ccccc2)NC1=S. The molecule has 0 spiro atoms. The first kappa shape index (κ1) is 14.0. The Bertz CT molecular complexity index is 717. The largest absolute Gasteiger partial charge is 0.346 e. The highest BCUT2D eigenvalue weighted by Crippen LogP contribution is 2.31. The number of amides is 1. The molecule has 1 atom stereocenters. The van der Waals surface area contributed by atoms with E-state index in [1.807, 2.05) is 43.3 Å². The van der Waals surface area contributed by atoms with Crippen LogP contribution in [0.15, 0.2) is 48.5 Å². The smallest absolute Gasteiger partial charge is 0.260 e. The second kappa shape index (κ2) is 5.47. The molecule has 0 aliphatic carbocycles. The number of halogens is 1. The first-order valence-corrected chi connectivity index (χ1v) is 7.32. The van der Waals surface area contributed by atoms with Gasteiger partial charge in [0.05, 0.1) is 5.69 Å². The second-order valence-corrected chi connectivity index (χ2v) is 5.72. The van der Waals surface area contributed by atoms with E-state index in [0.29, 0.717) is 10.1 Å². The molecule has 1 N–H and O–H groups in total. The molecule has 0 radical (unpaired) electrons. The number of benzene rings is 2. The first-order chi connectivity index (χ1) is 10.1. The third-order valence-corrected chi connectivity index (χ3v) is 4.02. The van der Waals surface area contributed by atoms with Crippen LogP contribution in [0.3, 0.4) is 0 Å². The third-order valence-electron chi connectivity index (χ3n) is 3.48. The number of carbonyl (C=O) groups excluding carboxylic acids is 1. The van der Waals surface area contributed by atoms with Crippen molar-refractivity contribution in [2.45, 2.75) is 13.0 Å². The van der Waals surface area contributed by atoms with E-state index in [0.717, 1.165) is 16.8 Å². The minimum Gasteiger partial charge on any atom is -0.346 e. The van der Waals surface area contributed by atoms with Gasteiger partial charge in [0.15, 0.2) is 5.11 Å². The van der Waals surface area contributed by atoms with Crippen LogP contribution in [0, 0.1) is 6.92 Å². The summed E-state index contributed by atoms with van der Waals surface area (Å²) in [6.45, 7) is 1.93. The number of carbonyl (C=O) groups is 1. The van der Waals surface area contributed by atoms with E-state index in [1.54, 1.807) is 12.1 Å². The lowest BCUT2D eigenvalue weighted by Gasteiger charge is -2.17. The maximum atomic E-state index is 12.7. The molecule has 1 aliphatic rings. The normalized spacial score (nSPS) is 18.0. The number of rotatable bonds is 2. The Balaban J connectivity index is 2.00. The average Bonchev–Trinajstić information content (AvgIpc) is 2.78. The van der Waals surface area contributed by atoms with Crippen LogP contribution >= 0.6 is 23.8 Å². The Kier molecular flexibility index (Phi) is 3.66. The van der Waals surface area contributed by atoms with Gasteiger partial charge in [-0.05, 0) is 42.4 Å². The van der Waals surface area contributed by atoms with Crippen molar-refractivity contribution in [2.24, 2.45) is 0 Å². The summed E-state index contributed by atoms with van der Waals surface area (Å²) in [5.41, 5.74) is 2.57. The van der Waals surface area contributed by atoms with Crippen LogP contribution in [0.2, 0.25) is 5.02 Å². The number of nitrogens with one attached hydrogen (secondary N) is 1. The van der Waals surface area contributed by atoms with E-state index < -0.39 is 6.04 Å². The summed E-state index contributed by atoms with van der Waals surface area (Å²) in [6.07, 6.45) is 0. The zero-order chi connectivity index (χ0) is 15.0. The Hall–Kier alpha value is -1.91. The molecule has 1 amide bonds. The molecule has 1 unspecified atom stereocenters. The maximum absolute atomic E-state index is 12.7. The van der Waals surface area contributed by atoms with E-state index in [1.165, 1.54) is 4.90 Å². The summed E-state index contributed by atoms with van der Waals surface area (Å²) >= 11 is 11.4. The standard InChI is InChI=1S/C16H13ClN2OS/c1-10-7-8-12(17)9-13(10)19-15(20)14(18-16(19)21)11-5-3-2-4-6-11/h2-9,14H,1H3,(H,18,21). The highest BCUT2D eigenvalue weighted by atomic mass is 35.5. The van der Waals surface area contributed by atoms with Crippen LogP contribution in [-0.2, 0) is 4.79 Å². The van der Waals surface area contributed by atoms with Crippen molar-refractivity contribution in [3.8, 4) is 0 Å². The van der Waals surface area contributed by atoms with Gasteiger partial charge in [0.25, 0.3) is 5.91 Å². The molecule has 2 aromatic carbocycles. The third kappa shape index (κ3) is 2.52. The fourth-order valence-electron chi connectivity index (χ4n) is 2.40. The molecule has 1 saturated heterocycles. The lowest BCUT2D eigenvalue weighted by atomic mass is 10.1. The van der Waals surface area contributed by atoms with Crippen LogP contribution in [0.25, 0.3) is 0 Å². The summed E-state index contributed by atoms with van der Waals surface area (Å²) in [5, 5.41) is 4.06. The van der Waals surface area contributed by atoms with Gasteiger partial charge in [-0.25, -0.2) is 0 Å². The fraction of sp³-hybridized carbons (Fsp3) is 0.125.